The second-order valence-electron chi connectivity index (χ2n) is 2.06. The third kappa shape index (κ3) is 4.55. The molecule has 0 fully saturated rings. The van der Waals surface area contributed by atoms with Gasteiger partial charge in [-0.1, -0.05) is 6.07 Å². The van der Waals surface area contributed by atoms with Gasteiger partial charge in [0.2, 0.25) is 0 Å². The Morgan fingerprint density at radius 2 is 1.92 bits per heavy atom. The Morgan fingerprint density at radius 3 is 2.38 bits per heavy atom. The van der Waals surface area contributed by atoms with E-state index < -0.39 is 10.1 Å². The summed E-state index contributed by atoms with van der Waals surface area (Å²) in [6.45, 7) is 0. The Bertz CT molecular complexity index is 403. The molecule has 1 aromatic rings. The van der Waals surface area contributed by atoms with Gasteiger partial charge in [-0.2, -0.15) is 8.42 Å². The zero-order valence-corrected chi connectivity index (χ0v) is 7.55. The molecule has 0 saturated heterocycles. The molecular formula is C6H6CsO4PS. The molecular weight excluding hydrogens is 332 g/mol. The van der Waals surface area contributed by atoms with Gasteiger partial charge < -0.3 is 0 Å². The van der Waals surface area contributed by atoms with Crippen LogP contribution in [0.4, 0.5) is 0 Å². The van der Waals surface area contributed by atoms with Crippen LogP contribution >= 0.6 is 8.46 Å². The standard InChI is InChI=1S/C6H5O4PS.Cs.H/c7-11-5-2-1-3-6(4-5)12(8,9)10;;/h1-4H,(H,8,9,10);;. The topological polar surface area (TPSA) is 71.4 Å². The van der Waals surface area contributed by atoms with Crippen molar-refractivity contribution in [1.29, 1.82) is 0 Å². The van der Waals surface area contributed by atoms with Crippen molar-refractivity contribution < 1.29 is 17.5 Å². The predicted octanol–water partition coefficient (Wildman–Crippen LogP) is 0.202. The van der Waals surface area contributed by atoms with Crippen LogP contribution in [-0.4, -0.2) is 81.9 Å². The van der Waals surface area contributed by atoms with Gasteiger partial charge in [-0.3, -0.25) is 9.12 Å². The molecule has 0 saturated carbocycles. The predicted molar refractivity (Wildman–Crippen MR) is 50.6 cm³/mol. The van der Waals surface area contributed by atoms with Crippen molar-refractivity contribution in [3.63, 3.8) is 0 Å². The first-order chi connectivity index (χ1) is 5.54. The summed E-state index contributed by atoms with van der Waals surface area (Å²) in [5.74, 6) is 0. The van der Waals surface area contributed by atoms with Gasteiger partial charge in [0.05, 0.1) is 4.90 Å². The number of benzene rings is 1. The van der Waals surface area contributed by atoms with Crippen molar-refractivity contribution in [2.24, 2.45) is 0 Å². The zero-order valence-electron chi connectivity index (χ0n) is 5.84. The van der Waals surface area contributed by atoms with Crippen molar-refractivity contribution in [2.75, 3.05) is 0 Å². The molecule has 0 radical (unpaired) electrons. The van der Waals surface area contributed by atoms with Gasteiger partial charge in [0, 0.05) is 5.30 Å². The average Bonchev–Trinajstić information content (AvgIpc) is 2.03. The Hall–Kier alpha value is 1.28. The van der Waals surface area contributed by atoms with E-state index in [0.29, 0.717) is 5.30 Å². The summed E-state index contributed by atoms with van der Waals surface area (Å²) >= 11 is 0. The molecule has 1 rings (SSSR count). The second-order valence-corrected chi connectivity index (χ2v) is 4.18. The molecule has 13 heavy (non-hydrogen) atoms. The van der Waals surface area contributed by atoms with Crippen LogP contribution in [0, 0.1) is 0 Å². The Morgan fingerprint density at radius 1 is 1.31 bits per heavy atom. The molecule has 0 heterocycles. The van der Waals surface area contributed by atoms with Crippen LogP contribution in [0.2, 0.25) is 0 Å². The summed E-state index contributed by atoms with van der Waals surface area (Å²) < 4.78 is 40.0. The summed E-state index contributed by atoms with van der Waals surface area (Å²) in [6.07, 6.45) is 0. The van der Waals surface area contributed by atoms with E-state index in [-0.39, 0.29) is 82.2 Å². The Labute approximate surface area is 136 Å². The van der Waals surface area contributed by atoms with Crippen LogP contribution in [0.3, 0.4) is 0 Å². The average molecular weight is 338 g/mol. The summed E-state index contributed by atoms with van der Waals surface area (Å²) in [5, 5.41) is 0.310. The first-order valence-electron chi connectivity index (χ1n) is 2.95. The van der Waals surface area contributed by atoms with Crippen molar-refractivity contribution >= 4 is 92.8 Å². The third-order valence-electron chi connectivity index (χ3n) is 1.22. The van der Waals surface area contributed by atoms with Gasteiger partial charge in [0.15, 0.2) is 8.46 Å². The SMILES string of the molecule is O=Pc1cccc(S(=O)(=O)O)c1.[CsH]. The van der Waals surface area contributed by atoms with Crippen LogP contribution in [0.1, 0.15) is 0 Å². The van der Waals surface area contributed by atoms with Crippen molar-refractivity contribution in [3.05, 3.63) is 24.3 Å². The number of rotatable bonds is 2. The molecule has 0 aromatic heterocycles. The number of hydrogen-bond acceptors (Lipinski definition) is 3. The molecule has 0 aliphatic heterocycles. The normalized spacial score (nSPS) is 10.8. The minimum atomic E-state index is -4.18. The van der Waals surface area contributed by atoms with E-state index in [1.807, 2.05) is 0 Å². The molecule has 0 spiro atoms. The van der Waals surface area contributed by atoms with Gasteiger partial charge in [-0.15, -0.1) is 0 Å². The van der Waals surface area contributed by atoms with E-state index in [1.165, 1.54) is 18.2 Å². The van der Waals surface area contributed by atoms with E-state index in [0.717, 1.165) is 6.07 Å². The Balaban J connectivity index is 0.00000144. The molecule has 7 heteroatoms. The first kappa shape index (κ1) is 14.3. The van der Waals surface area contributed by atoms with E-state index in [4.69, 9.17) is 4.55 Å². The fraction of sp³-hybridized carbons (Fsp3) is 0. The summed E-state index contributed by atoms with van der Waals surface area (Å²) in [5.41, 5.74) is 0. The van der Waals surface area contributed by atoms with Crippen molar-refractivity contribution in [1.82, 2.24) is 0 Å². The third-order valence-corrected chi connectivity index (χ3v) is 2.56. The van der Waals surface area contributed by atoms with Crippen LogP contribution in [-0.2, 0) is 14.7 Å². The van der Waals surface area contributed by atoms with Gasteiger partial charge >= 0.3 is 68.9 Å². The molecule has 0 unspecified atom stereocenters. The Kier molecular flexibility index (Phi) is 6.59. The van der Waals surface area contributed by atoms with Gasteiger partial charge in [0.1, 0.15) is 0 Å². The molecule has 1 aromatic carbocycles. The number of hydrogen-bond donors (Lipinski definition) is 1. The summed E-state index contributed by atoms with van der Waals surface area (Å²) in [7, 11) is -4.45. The summed E-state index contributed by atoms with van der Waals surface area (Å²) in [4.78, 5) is -0.247. The van der Waals surface area contributed by atoms with Crippen LogP contribution in [0.5, 0.6) is 0 Å². The molecule has 0 aliphatic rings. The quantitative estimate of drug-likeness (QED) is 0.618. The molecule has 0 amide bonds. The minimum absolute atomic E-state index is 0. The molecule has 0 aliphatic carbocycles. The summed E-state index contributed by atoms with van der Waals surface area (Å²) in [6, 6.07) is 5.26. The van der Waals surface area contributed by atoms with Crippen LogP contribution in [0.25, 0.3) is 0 Å². The fourth-order valence-electron chi connectivity index (χ4n) is 0.701. The fourth-order valence-corrected chi connectivity index (χ4v) is 1.65. The van der Waals surface area contributed by atoms with E-state index >= 15 is 0 Å². The maximum absolute atomic E-state index is 10.6. The monoisotopic (exact) mass is 338 g/mol. The maximum atomic E-state index is 10.6. The van der Waals surface area contributed by atoms with E-state index in [1.54, 1.807) is 0 Å². The van der Waals surface area contributed by atoms with Crippen LogP contribution < -0.4 is 5.30 Å². The molecule has 0 bridgehead atoms. The van der Waals surface area contributed by atoms with Crippen molar-refractivity contribution in [3.8, 4) is 0 Å². The van der Waals surface area contributed by atoms with Gasteiger partial charge in [-0.25, -0.2) is 0 Å². The van der Waals surface area contributed by atoms with Crippen molar-refractivity contribution in [2.45, 2.75) is 4.90 Å². The molecule has 0 atom stereocenters. The molecule has 66 valence electrons. The van der Waals surface area contributed by atoms with E-state index in [2.05, 4.69) is 0 Å². The molecule has 4 nitrogen and oxygen atoms in total. The van der Waals surface area contributed by atoms with Gasteiger partial charge in [-0.05, 0) is 18.2 Å². The van der Waals surface area contributed by atoms with Crippen LogP contribution in [0.15, 0.2) is 29.2 Å². The zero-order chi connectivity index (χ0) is 9.19. The van der Waals surface area contributed by atoms with Gasteiger partial charge in [0.25, 0.3) is 10.1 Å². The van der Waals surface area contributed by atoms with E-state index in [9.17, 15) is 13.0 Å². The second kappa shape index (κ2) is 5.99. The first-order valence-corrected chi connectivity index (χ1v) is 5.20. The molecule has 1 N–H and O–H groups in total.